The smallest absolute Gasteiger partial charge is 0.274 e. The van der Waals surface area contributed by atoms with Crippen LogP contribution in [-0.4, -0.2) is 39.1 Å². The van der Waals surface area contributed by atoms with Gasteiger partial charge in [0.25, 0.3) is 5.91 Å². The van der Waals surface area contributed by atoms with Gasteiger partial charge in [-0.05, 0) is 38.0 Å². The highest BCUT2D eigenvalue weighted by Crippen LogP contribution is 2.24. The van der Waals surface area contributed by atoms with E-state index in [1.807, 2.05) is 25.1 Å². The summed E-state index contributed by atoms with van der Waals surface area (Å²) in [7, 11) is 0. The second-order valence-electron chi connectivity index (χ2n) is 6.08. The molecule has 0 saturated carbocycles. The predicted molar refractivity (Wildman–Crippen MR) is 91.0 cm³/mol. The van der Waals surface area contributed by atoms with Gasteiger partial charge in [0.1, 0.15) is 0 Å². The first kappa shape index (κ1) is 16.5. The number of likely N-dealkylation sites (tertiary alicyclic amines) is 1. The summed E-state index contributed by atoms with van der Waals surface area (Å²) in [5.74, 6) is -0.851. The lowest BCUT2D eigenvalue weighted by atomic mass is 9.92. The first-order valence-corrected chi connectivity index (χ1v) is 8.26. The van der Waals surface area contributed by atoms with Crippen molar-refractivity contribution < 1.29 is 9.59 Å². The molecule has 0 radical (unpaired) electrons. The van der Waals surface area contributed by atoms with Crippen molar-refractivity contribution in [2.45, 2.75) is 25.8 Å². The number of aromatic nitrogens is 2. The number of benzene rings is 1. The zero-order valence-corrected chi connectivity index (χ0v) is 14.1. The van der Waals surface area contributed by atoms with Crippen molar-refractivity contribution in [1.29, 1.82) is 0 Å². The van der Waals surface area contributed by atoms with E-state index in [0.29, 0.717) is 29.4 Å². The van der Waals surface area contributed by atoms with Crippen molar-refractivity contribution in [2.24, 2.45) is 11.7 Å². The Morgan fingerprint density at radius 2 is 2.00 bits per heavy atom. The molecule has 2 aromatic rings. The van der Waals surface area contributed by atoms with Crippen molar-refractivity contribution in [2.75, 3.05) is 6.54 Å². The van der Waals surface area contributed by atoms with Crippen LogP contribution in [0.2, 0.25) is 5.02 Å². The first-order valence-electron chi connectivity index (χ1n) is 7.88. The molecule has 2 atom stereocenters. The number of nitrogens with zero attached hydrogens (tertiary/aromatic N) is 3. The quantitative estimate of drug-likeness (QED) is 0.925. The molecule has 1 aromatic heterocycles. The monoisotopic (exact) mass is 346 g/mol. The number of rotatable bonds is 3. The summed E-state index contributed by atoms with van der Waals surface area (Å²) in [4.78, 5) is 25.9. The number of nitrogens with two attached hydrogens (primary N) is 1. The van der Waals surface area contributed by atoms with Crippen LogP contribution in [-0.2, 0) is 4.79 Å². The number of amides is 2. The van der Waals surface area contributed by atoms with E-state index in [-0.39, 0.29) is 23.8 Å². The molecule has 3 rings (SSSR count). The van der Waals surface area contributed by atoms with E-state index in [0.717, 1.165) is 6.42 Å². The van der Waals surface area contributed by atoms with Gasteiger partial charge in [-0.25, -0.2) is 4.68 Å². The van der Waals surface area contributed by atoms with Crippen LogP contribution in [0.5, 0.6) is 0 Å². The second-order valence-corrected chi connectivity index (χ2v) is 6.49. The number of hydrogen-bond acceptors (Lipinski definition) is 3. The summed E-state index contributed by atoms with van der Waals surface area (Å²) in [6, 6.07) is 9.00. The molecule has 0 unspecified atom stereocenters. The molecule has 0 spiro atoms. The number of para-hydroxylation sites is 1. The number of halogens is 1. The normalized spacial score (nSPS) is 20.8. The molecule has 0 aliphatic carbocycles. The Kier molecular flexibility index (Phi) is 4.57. The molecule has 1 aliphatic heterocycles. The summed E-state index contributed by atoms with van der Waals surface area (Å²) in [6.45, 7) is 2.31. The van der Waals surface area contributed by atoms with Gasteiger partial charge in [-0.15, -0.1) is 0 Å². The zero-order valence-electron chi connectivity index (χ0n) is 13.4. The Hall–Kier alpha value is -2.34. The summed E-state index contributed by atoms with van der Waals surface area (Å²) >= 11 is 6.17. The topological polar surface area (TPSA) is 81.2 Å². The molecule has 1 fully saturated rings. The molecule has 7 heteroatoms. The first-order chi connectivity index (χ1) is 11.5. The van der Waals surface area contributed by atoms with E-state index in [1.54, 1.807) is 27.9 Å². The number of carbonyl (C=O) groups excluding carboxylic acids is 2. The lowest BCUT2D eigenvalue weighted by Crippen LogP contribution is -2.48. The van der Waals surface area contributed by atoms with E-state index < -0.39 is 0 Å². The Balaban J connectivity index is 1.83. The summed E-state index contributed by atoms with van der Waals surface area (Å²) < 4.78 is 1.58. The maximum absolute atomic E-state index is 12.8. The Labute approximate surface area is 145 Å². The van der Waals surface area contributed by atoms with Gasteiger partial charge in [0.2, 0.25) is 5.91 Å². The molecule has 1 saturated heterocycles. The van der Waals surface area contributed by atoms with Crippen molar-refractivity contribution >= 4 is 23.4 Å². The number of carbonyl (C=O) groups is 2. The summed E-state index contributed by atoms with van der Waals surface area (Å²) in [5, 5.41) is 4.90. The van der Waals surface area contributed by atoms with E-state index in [1.165, 1.54) is 0 Å². The highest BCUT2D eigenvalue weighted by molar-refractivity contribution is 6.32. The Morgan fingerprint density at radius 3 is 2.71 bits per heavy atom. The van der Waals surface area contributed by atoms with Gasteiger partial charge in [0.05, 0.1) is 16.6 Å². The van der Waals surface area contributed by atoms with Crippen molar-refractivity contribution in [3.05, 3.63) is 47.2 Å². The van der Waals surface area contributed by atoms with Crippen molar-refractivity contribution in [3.63, 3.8) is 0 Å². The van der Waals surface area contributed by atoms with Gasteiger partial charge in [-0.1, -0.05) is 23.7 Å². The Bertz CT molecular complexity index is 773. The van der Waals surface area contributed by atoms with Crippen LogP contribution in [0.25, 0.3) is 5.69 Å². The highest BCUT2D eigenvalue weighted by atomic mass is 35.5. The van der Waals surface area contributed by atoms with Crippen LogP contribution in [0.15, 0.2) is 36.5 Å². The molecule has 126 valence electrons. The van der Waals surface area contributed by atoms with Crippen molar-refractivity contribution in [3.8, 4) is 5.69 Å². The van der Waals surface area contributed by atoms with E-state index in [2.05, 4.69) is 5.10 Å². The van der Waals surface area contributed by atoms with E-state index >= 15 is 0 Å². The maximum Gasteiger partial charge on any atom is 0.274 e. The third-order valence-electron chi connectivity index (χ3n) is 4.45. The zero-order chi connectivity index (χ0) is 17.3. The minimum Gasteiger partial charge on any atom is -0.369 e. The molecule has 2 amide bonds. The fourth-order valence-electron chi connectivity index (χ4n) is 2.98. The second kappa shape index (κ2) is 6.65. The standard InChI is InChI=1S/C17H19ClN4O2/c1-11-6-7-12(16(19)23)10-21(11)17(24)14-8-9-22(20-14)15-5-3-2-4-13(15)18/h2-5,8-9,11-12H,6-7,10H2,1H3,(H2,19,23)/t11-,12+/m1/s1. The van der Waals surface area contributed by atoms with E-state index in [9.17, 15) is 9.59 Å². The van der Waals surface area contributed by atoms with Gasteiger partial charge in [-0.3, -0.25) is 9.59 Å². The molecular weight excluding hydrogens is 328 g/mol. The predicted octanol–water partition coefficient (Wildman–Crippen LogP) is 2.25. The molecular formula is C17H19ClN4O2. The maximum atomic E-state index is 12.8. The molecule has 6 nitrogen and oxygen atoms in total. The number of primary amides is 1. The minimum atomic E-state index is -0.360. The molecule has 24 heavy (non-hydrogen) atoms. The van der Waals surface area contributed by atoms with Gasteiger partial charge >= 0.3 is 0 Å². The molecule has 1 aliphatic rings. The van der Waals surface area contributed by atoms with Crippen LogP contribution in [0.3, 0.4) is 0 Å². The number of piperidine rings is 1. The van der Waals surface area contributed by atoms with Crippen LogP contribution in [0, 0.1) is 5.92 Å². The third-order valence-corrected chi connectivity index (χ3v) is 4.77. The minimum absolute atomic E-state index is 0.0542. The van der Waals surface area contributed by atoms with Gasteiger partial charge in [-0.2, -0.15) is 5.10 Å². The van der Waals surface area contributed by atoms with Gasteiger partial charge < -0.3 is 10.6 Å². The van der Waals surface area contributed by atoms with E-state index in [4.69, 9.17) is 17.3 Å². The van der Waals surface area contributed by atoms with Gasteiger partial charge in [0, 0.05) is 18.8 Å². The van der Waals surface area contributed by atoms with Crippen LogP contribution in [0.1, 0.15) is 30.3 Å². The summed E-state index contributed by atoms with van der Waals surface area (Å²) in [6.07, 6.45) is 3.17. The molecule has 2 heterocycles. The molecule has 1 aromatic carbocycles. The van der Waals surface area contributed by atoms with Crippen LogP contribution >= 0.6 is 11.6 Å². The van der Waals surface area contributed by atoms with Gasteiger partial charge in [0.15, 0.2) is 5.69 Å². The number of hydrogen-bond donors (Lipinski definition) is 1. The SMILES string of the molecule is C[C@@H]1CC[C@H](C(N)=O)CN1C(=O)c1ccn(-c2ccccc2Cl)n1. The third kappa shape index (κ3) is 3.14. The average molecular weight is 347 g/mol. The molecule has 0 bridgehead atoms. The Morgan fingerprint density at radius 1 is 1.25 bits per heavy atom. The highest BCUT2D eigenvalue weighted by Gasteiger charge is 2.32. The largest absolute Gasteiger partial charge is 0.369 e. The fraction of sp³-hybridized carbons (Fsp3) is 0.353. The lowest BCUT2D eigenvalue weighted by molar-refractivity contribution is -0.123. The van der Waals surface area contributed by atoms with Crippen LogP contribution in [0.4, 0.5) is 0 Å². The molecule has 2 N–H and O–H groups in total. The lowest BCUT2D eigenvalue weighted by Gasteiger charge is -2.36. The average Bonchev–Trinajstić information content (AvgIpc) is 3.04. The fourth-order valence-corrected chi connectivity index (χ4v) is 3.20. The summed E-state index contributed by atoms with van der Waals surface area (Å²) in [5.41, 5.74) is 6.43. The van der Waals surface area contributed by atoms with Crippen LogP contribution < -0.4 is 5.73 Å². The van der Waals surface area contributed by atoms with Crippen molar-refractivity contribution in [1.82, 2.24) is 14.7 Å².